The highest BCUT2D eigenvalue weighted by Gasteiger charge is 2.45. The van der Waals surface area contributed by atoms with Crippen LogP contribution in [-0.2, 0) is 26.3 Å². The van der Waals surface area contributed by atoms with E-state index in [-0.39, 0.29) is 11.3 Å². The number of carboxylic acids is 2. The Morgan fingerprint density at radius 1 is 0.930 bits per heavy atom. The van der Waals surface area contributed by atoms with Crippen LogP contribution in [-0.4, -0.2) is 69.9 Å². The van der Waals surface area contributed by atoms with Crippen LogP contribution in [0.3, 0.4) is 0 Å². The summed E-state index contributed by atoms with van der Waals surface area (Å²) in [5, 5.41) is 17.4. The second kappa shape index (κ2) is 14.2. The van der Waals surface area contributed by atoms with Gasteiger partial charge in [-0.2, -0.15) is 26.3 Å². The Bertz CT molecular complexity index is 1220. The minimum Gasteiger partial charge on any atom is -0.475 e. The Balaban J connectivity index is 0.000000303. The molecule has 2 aliphatic carbocycles. The molecule has 3 N–H and O–H groups in total. The lowest BCUT2D eigenvalue weighted by atomic mass is 9.73. The Kier molecular flexibility index (Phi) is 11.2. The number of nitrogens with zero attached hydrogens (tertiary/aromatic N) is 2. The van der Waals surface area contributed by atoms with Crippen LogP contribution in [0, 0.1) is 5.92 Å². The minimum atomic E-state index is -5.08. The standard InChI is InChI=1S/C25H31N3O.2C2HF3O2/c29-24(27-17-19-7-8-19)14-21-15-25(23-6-2-1-5-22(21)23)9-12-28(13-10-25)18-20-4-3-11-26-16-20;2*3-2(4,5)1(6)7/h1-6,11,16,19,21H,7-10,12-15,17-18H2,(H,27,29);2*(H,6,7). The zero-order valence-corrected chi connectivity index (χ0v) is 23.1. The van der Waals surface area contributed by atoms with Gasteiger partial charge < -0.3 is 15.5 Å². The summed E-state index contributed by atoms with van der Waals surface area (Å²) in [5.74, 6) is -4.16. The molecule has 1 aromatic carbocycles. The van der Waals surface area contributed by atoms with Gasteiger partial charge in [0.1, 0.15) is 0 Å². The van der Waals surface area contributed by atoms with E-state index in [9.17, 15) is 31.1 Å². The maximum absolute atomic E-state index is 12.5. The van der Waals surface area contributed by atoms with Crippen LogP contribution in [0.15, 0.2) is 48.8 Å². The molecule has 2 heterocycles. The first-order valence-corrected chi connectivity index (χ1v) is 13.7. The van der Waals surface area contributed by atoms with E-state index in [2.05, 4.69) is 45.5 Å². The first-order valence-electron chi connectivity index (χ1n) is 13.7. The summed E-state index contributed by atoms with van der Waals surface area (Å²) >= 11 is 0. The zero-order valence-electron chi connectivity index (χ0n) is 23.1. The van der Waals surface area contributed by atoms with Crippen LogP contribution in [0.2, 0.25) is 0 Å². The SMILES string of the molecule is O=C(CC1CC2(CCN(Cc3cccnc3)CC2)c2ccccc21)NCC1CC1.O=C(O)C(F)(F)F.O=C(O)C(F)(F)F. The average Bonchev–Trinajstić information content (AvgIpc) is 3.73. The summed E-state index contributed by atoms with van der Waals surface area (Å²) < 4.78 is 63.5. The number of alkyl halides is 6. The lowest BCUT2D eigenvalue weighted by Crippen LogP contribution is -2.41. The summed E-state index contributed by atoms with van der Waals surface area (Å²) in [5.41, 5.74) is 4.49. The summed E-state index contributed by atoms with van der Waals surface area (Å²) in [7, 11) is 0. The Labute approximate surface area is 244 Å². The number of pyridine rings is 1. The average molecular weight is 618 g/mol. The molecular formula is C29H33F6N3O5. The van der Waals surface area contributed by atoms with Gasteiger partial charge in [-0.1, -0.05) is 30.3 Å². The number of fused-ring (bicyclic) bond motifs is 2. The van der Waals surface area contributed by atoms with Gasteiger partial charge in [0, 0.05) is 31.9 Å². The number of hydrogen-bond donors (Lipinski definition) is 3. The number of likely N-dealkylation sites (tertiary alicyclic amines) is 1. The number of halogens is 6. The predicted molar refractivity (Wildman–Crippen MR) is 142 cm³/mol. The van der Waals surface area contributed by atoms with E-state index in [1.165, 1.54) is 42.4 Å². The quantitative estimate of drug-likeness (QED) is 0.377. The number of rotatable bonds is 6. The van der Waals surface area contributed by atoms with Crippen LogP contribution in [0.5, 0.6) is 0 Å². The fourth-order valence-corrected chi connectivity index (χ4v) is 5.45. The van der Waals surface area contributed by atoms with Crippen molar-refractivity contribution in [3.63, 3.8) is 0 Å². The molecule has 0 bridgehead atoms. The van der Waals surface area contributed by atoms with Crippen molar-refractivity contribution in [3.05, 3.63) is 65.5 Å². The first kappa shape index (κ1) is 33.8. The number of carboxylic acid groups (broad SMARTS) is 2. The summed E-state index contributed by atoms with van der Waals surface area (Å²) in [6.07, 6.45) is 0.358. The van der Waals surface area contributed by atoms with Crippen molar-refractivity contribution >= 4 is 17.8 Å². The monoisotopic (exact) mass is 617 g/mol. The number of piperidine rings is 1. The highest BCUT2D eigenvalue weighted by Crippen LogP contribution is 2.52. The second-order valence-corrected chi connectivity index (χ2v) is 11.0. The topological polar surface area (TPSA) is 120 Å². The number of carbonyl (C=O) groups excluding carboxylic acids is 1. The van der Waals surface area contributed by atoms with E-state index >= 15 is 0 Å². The van der Waals surface area contributed by atoms with E-state index < -0.39 is 24.3 Å². The van der Waals surface area contributed by atoms with Crippen LogP contribution in [0.4, 0.5) is 26.3 Å². The van der Waals surface area contributed by atoms with E-state index in [1.807, 2.05) is 18.5 Å². The van der Waals surface area contributed by atoms with Crippen molar-refractivity contribution in [3.8, 4) is 0 Å². The second-order valence-electron chi connectivity index (χ2n) is 11.0. The van der Waals surface area contributed by atoms with E-state index in [4.69, 9.17) is 19.8 Å². The van der Waals surface area contributed by atoms with Gasteiger partial charge in [-0.25, -0.2) is 9.59 Å². The number of aliphatic carboxylic acids is 2. The maximum atomic E-state index is 12.5. The third-order valence-corrected chi connectivity index (χ3v) is 7.75. The molecule has 1 aliphatic heterocycles. The Morgan fingerprint density at radius 3 is 2.02 bits per heavy atom. The summed E-state index contributed by atoms with van der Waals surface area (Å²) in [6.45, 7) is 4.09. The molecule has 1 atom stereocenters. The number of carbonyl (C=O) groups is 3. The Morgan fingerprint density at radius 2 is 1.51 bits per heavy atom. The van der Waals surface area contributed by atoms with E-state index in [0.717, 1.165) is 38.5 Å². The first-order chi connectivity index (χ1) is 20.1. The zero-order chi connectivity index (χ0) is 31.8. The molecular weight excluding hydrogens is 584 g/mol. The number of nitrogens with one attached hydrogen (secondary N) is 1. The van der Waals surface area contributed by atoms with E-state index in [1.54, 1.807) is 0 Å². The van der Waals surface area contributed by atoms with Gasteiger partial charge in [-0.3, -0.25) is 14.7 Å². The predicted octanol–water partition coefficient (Wildman–Crippen LogP) is 5.29. The fourth-order valence-electron chi connectivity index (χ4n) is 5.45. The molecule has 43 heavy (non-hydrogen) atoms. The lowest BCUT2D eigenvalue weighted by Gasteiger charge is -2.40. The third-order valence-electron chi connectivity index (χ3n) is 7.75. The molecule has 1 saturated heterocycles. The minimum absolute atomic E-state index is 0.239. The van der Waals surface area contributed by atoms with E-state index in [0.29, 0.717) is 12.3 Å². The fraction of sp³-hybridized carbons (Fsp3) is 0.517. The molecule has 1 aromatic heterocycles. The molecule has 5 rings (SSSR count). The number of hydrogen-bond acceptors (Lipinski definition) is 5. The van der Waals surface area contributed by atoms with Crippen molar-refractivity contribution in [1.29, 1.82) is 0 Å². The highest BCUT2D eigenvalue weighted by atomic mass is 19.4. The normalized spacial score (nSPS) is 19.3. The van der Waals surface area contributed by atoms with Crippen molar-refractivity contribution in [1.82, 2.24) is 15.2 Å². The van der Waals surface area contributed by atoms with Crippen LogP contribution in [0.25, 0.3) is 0 Å². The molecule has 0 radical (unpaired) electrons. The largest absolute Gasteiger partial charge is 0.490 e. The number of benzene rings is 1. The van der Waals surface area contributed by atoms with Gasteiger partial charge in [0.25, 0.3) is 0 Å². The third kappa shape index (κ3) is 10.2. The molecule has 2 fully saturated rings. The molecule has 1 saturated carbocycles. The van der Waals surface area contributed by atoms with Gasteiger partial charge in [0.05, 0.1) is 0 Å². The number of amides is 1. The van der Waals surface area contributed by atoms with Gasteiger partial charge >= 0.3 is 24.3 Å². The van der Waals surface area contributed by atoms with Crippen molar-refractivity contribution < 1.29 is 50.9 Å². The van der Waals surface area contributed by atoms with Crippen molar-refractivity contribution in [2.24, 2.45) is 5.92 Å². The van der Waals surface area contributed by atoms with Crippen LogP contribution < -0.4 is 5.32 Å². The van der Waals surface area contributed by atoms with Crippen molar-refractivity contribution in [2.75, 3.05) is 19.6 Å². The van der Waals surface area contributed by atoms with Gasteiger partial charge in [-0.05, 0) is 85.2 Å². The molecule has 2 aromatic rings. The molecule has 236 valence electrons. The molecule has 1 unspecified atom stereocenters. The summed E-state index contributed by atoms with van der Waals surface area (Å²) in [4.78, 5) is 37.1. The molecule has 14 heteroatoms. The lowest BCUT2D eigenvalue weighted by molar-refractivity contribution is -0.193. The van der Waals surface area contributed by atoms with Crippen LogP contribution in [0.1, 0.15) is 61.1 Å². The van der Waals surface area contributed by atoms with Crippen LogP contribution >= 0.6 is 0 Å². The van der Waals surface area contributed by atoms with Gasteiger partial charge in [0.15, 0.2) is 0 Å². The molecule has 1 amide bonds. The van der Waals surface area contributed by atoms with Gasteiger partial charge in [0.2, 0.25) is 5.91 Å². The van der Waals surface area contributed by atoms with Crippen molar-refractivity contribution in [2.45, 2.75) is 68.8 Å². The molecule has 1 spiro atoms. The molecule has 3 aliphatic rings. The Hall–Kier alpha value is -3.68. The summed E-state index contributed by atoms with van der Waals surface area (Å²) in [6, 6.07) is 13.1. The maximum Gasteiger partial charge on any atom is 0.490 e. The number of aromatic nitrogens is 1. The highest BCUT2D eigenvalue weighted by molar-refractivity contribution is 5.77. The van der Waals surface area contributed by atoms with Gasteiger partial charge in [-0.15, -0.1) is 0 Å². The molecule has 8 nitrogen and oxygen atoms in total. The smallest absolute Gasteiger partial charge is 0.475 e.